The van der Waals surface area contributed by atoms with E-state index in [-0.39, 0.29) is 17.8 Å². The Kier molecular flexibility index (Phi) is 7.50. The number of sulfonamides is 1. The van der Waals surface area contributed by atoms with Crippen LogP contribution in [0.4, 0.5) is 0 Å². The maximum absolute atomic E-state index is 12.6. The van der Waals surface area contributed by atoms with Gasteiger partial charge in [-0.2, -0.15) is 0 Å². The molecule has 1 amide bonds. The molecular formula is C23H30N2O4S. The molecule has 0 unspecified atom stereocenters. The predicted molar refractivity (Wildman–Crippen MR) is 118 cm³/mol. The van der Waals surface area contributed by atoms with Crippen molar-refractivity contribution in [3.05, 3.63) is 65.2 Å². The summed E-state index contributed by atoms with van der Waals surface area (Å²) in [7, 11) is -3.31. The number of nitrogens with zero attached hydrogens (tertiary/aromatic N) is 1. The Morgan fingerprint density at radius 2 is 1.73 bits per heavy atom. The lowest BCUT2D eigenvalue weighted by atomic mass is 10.1. The van der Waals surface area contributed by atoms with Crippen LogP contribution in [0.3, 0.4) is 0 Å². The Morgan fingerprint density at radius 1 is 1.03 bits per heavy atom. The molecule has 1 saturated heterocycles. The Hall–Kier alpha value is -2.38. The van der Waals surface area contributed by atoms with Crippen LogP contribution in [0.2, 0.25) is 0 Å². The molecule has 1 N–H and O–H groups in total. The quantitative estimate of drug-likeness (QED) is 0.693. The van der Waals surface area contributed by atoms with E-state index in [1.807, 2.05) is 38.1 Å². The summed E-state index contributed by atoms with van der Waals surface area (Å²) >= 11 is 0. The van der Waals surface area contributed by atoms with Gasteiger partial charge in [0.25, 0.3) is 5.91 Å². The van der Waals surface area contributed by atoms with Crippen LogP contribution >= 0.6 is 0 Å². The van der Waals surface area contributed by atoms with Gasteiger partial charge in [-0.15, -0.1) is 0 Å². The van der Waals surface area contributed by atoms with Crippen LogP contribution in [0.15, 0.2) is 48.5 Å². The van der Waals surface area contributed by atoms with Gasteiger partial charge in [0.15, 0.2) is 0 Å². The fraction of sp³-hybridized carbons (Fsp3) is 0.435. The van der Waals surface area contributed by atoms with E-state index in [0.717, 1.165) is 30.6 Å². The van der Waals surface area contributed by atoms with Crippen LogP contribution in [0, 0.1) is 0 Å². The van der Waals surface area contributed by atoms with E-state index in [1.165, 1.54) is 0 Å². The highest BCUT2D eigenvalue weighted by Gasteiger charge is 2.24. The minimum atomic E-state index is -3.31. The van der Waals surface area contributed by atoms with Crippen molar-refractivity contribution >= 4 is 15.9 Å². The summed E-state index contributed by atoms with van der Waals surface area (Å²) in [4.78, 5) is 12.5. The predicted octanol–water partition coefficient (Wildman–Crippen LogP) is 3.72. The lowest BCUT2D eigenvalue weighted by molar-refractivity contribution is 0.0950. The number of benzene rings is 2. The highest BCUT2D eigenvalue weighted by Crippen LogP contribution is 2.18. The Labute approximate surface area is 179 Å². The highest BCUT2D eigenvalue weighted by molar-refractivity contribution is 7.88. The third kappa shape index (κ3) is 6.31. The maximum atomic E-state index is 12.6. The first-order valence-electron chi connectivity index (χ1n) is 10.4. The molecule has 30 heavy (non-hydrogen) atoms. The number of ether oxygens (including phenoxy) is 1. The topological polar surface area (TPSA) is 75.7 Å². The number of rotatable bonds is 8. The summed E-state index contributed by atoms with van der Waals surface area (Å²) in [6.07, 6.45) is 3.02. The zero-order valence-electron chi connectivity index (χ0n) is 17.6. The van der Waals surface area contributed by atoms with E-state index in [0.29, 0.717) is 30.8 Å². The third-order valence-electron chi connectivity index (χ3n) is 5.00. The largest absolute Gasteiger partial charge is 0.491 e. The fourth-order valence-corrected chi connectivity index (χ4v) is 5.09. The summed E-state index contributed by atoms with van der Waals surface area (Å²) in [5.41, 5.74) is 2.14. The van der Waals surface area contributed by atoms with Crippen LogP contribution in [0.5, 0.6) is 5.75 Å². The number of piperidine rings is 1. The van der Waals surface area contributed by atoms with Crippen molar-refractivity contribution in [1.82, 2.24) is 9.62 Å². The third-order valence-corrected chi connectivity index (χ3v) is 6.85. The first kappa shape index (κ1) is 22.3. The number of amides is 1. The molecule has 0 aliphatic carbocycles. The number of carbonyl (C=O) groups is 1. The highest BCUT2D eigenvalue weighted by atomic mass is 32.2. The first-order chi connectivity index (χ1) is 14.3. The van der Waals surface area contributed by atoms with Crippen molar-refractivity contribution in [2.24, 2.45) is 0 Å². The molecule has 0 bridgehead atoms. The molecule has 2 aromatic carbocycles. The molecule has 6 nitrogen and oxygen atoms in total. The van der Waals surface area contributed by atoms with Gasteiger partial charge in [0, 0.05) is 25.2 Å². The molecule has 0 atom stereocenters. The lowest BCUT2D eigenvalue weighted by Crippen LogP contribution is -2.36. The van der Waals surface area contributed by atoms with Crippen LogP contribution in [-0.4, -0.2) is 37.8 Å². The minimum Gasteiger partial charge on any atom is -0.491 e. The summed E-state index contributed by atoms with van der Waals surface area (Å²) in [6.45, 7) is 5.53. The van der Waals surface area contributed by atoms with Crippen molar-refractivity contribution < 1.29 is 17.9 Å². The molecule has 0 saturated carbocycles. The average Bonchev–Trinajstić information content (AvgIpc) is 2.73. The van der Waals surface area contributed by atoms with Gasteiger partial charge in [-0.1, -0.05) is 30.7 Å². The summed E-state index contributed by atoms with van der Waals surface area (Å²) in [6, 6.07) is 14.4. The van der Waals surface area contributed by atoms with Gasteiger partial charge in [0.1, 0.15) is 5.75 Å². The zero-order chi connectivity index (χ0) is 21.6. The van der Waals surface area contributed by atoms with Gasteiger partial charge in [-0.3, -0.25) is 4.79 Å². The zero-order valence-corrected chi connectivity index (χ0v) is 18.5. The average molecular weight is 431 g/mol. The van der Waals surface area contributed by atoms with E-state index in [4.69, 9.17) is 4.74 Å². The summed E-state index contributed by atoms with van der Waals surface area (Å²) < 4.78 is 32.4. The SMILES string of the molecule is CC(C)Oc1cccc(CNC(=O)c2ccc(CS(=O)(=O)N3CCCCC3)cc2)c1. The van der Waals surface area contributed by atoms with Gasteiger partial charge in [0.05, 0.1) is 11.9 Å². The van der Waals surface area contributed by atoms with Crippen molar-refractivity contribution in [3.8, 4) is 5.75 Å². The number of hydrogen-bond acceptors (Lipinski definition) is 4. The van der Waals surface area contributed by atoms with E-state index < -0.39 is 10.0 Å². The summed E-state index contributed by atoms with van der Waals surface area (Å²) in [5, 5.41) is 2.89. The summed E-state index contributed by atoms with van der Waals surface area (Å²) in [5.74, 6) is 0.545. The molecule has 1 aliphatic heterocycles. The van der Waals surface area contributed by atoms with Gasteiger partial charge in [0.2, 0.25) is 10.0 Å². The Bertz CT molecular complexity index is 949. The maximum Gasteiger partial charge on any atom is 0.251 e. The van der Waals surface area contributed by atoms with Crippen molar-refractivity contribution in [3.63, 3.8) is 0 Å². The van der Waals surface area contributed by atoms with E-state index in [2.05, 4.69) is 5.32 Å². The molecule has 0 radical (unpaired) electrons. The standard InChI is InChI=1S/C23H30N2O4S/c1-18(2)29-22-8-6-7-20(15-22)16-24-23(26)21-11-9-19(10-12-21)17-30(27,28)25-13-4-3-5-14-25/h6-12,15,18H,3-5,13-14,16-17H2,1-2H3,(H,24,26). The van der Waals surface area contributed by atoms with E-state index in [9.17, 15) is 13.2 Å². The number of hydrogen-bond donors (Lipinski definition) is 1. The fourth-order valence-electron chi connectivity index (χ4n) is 3.48. The van der Waals surface area contributed by atoms with Crippen molar-refractivity contribution in [2.75, 3.05) is 13.1 Å². The second-order valence-corrected chi connectivity index (χ2v) is 9.88. The van der Waals surface area contributed by atoms with Crippen LogP contribution in [0.1, 0.15) is 54.6 Å². The van der Waals surface area contributed by atoms with E-state index in [1.54, 1.807) is 28.6 Å². The number of nitrogens with one attached hydrogen (secondary N) is 1. The molecule has 2 aromatic rings. The van der Waals surface area contributed by atoms with Gasteiger partial charge >= 0.3 is 0 Å². The normalized spacial score (nSPS) is 15.2. The molecule has 3 rings (SSSR count). The molecule has 162 valence electrons. The lowest BCUT2D eigenvalue weighted by Gasteiger charge is -2.25. The molecule has 1 fully saturated rings. The van der Waals surface area contributed by atoms with Gasteiger partial charge in [-0.25, -0.2) is 12.7 Å². The molecule has 1 heterocycles. The smallest absolute Gasteiger partial charge is 0.251 e. The molecule has 7 heteroatoms. The number of carbonyl (C=O) groups excluding carboxylic acids is 1. The van der Waals surface area contributed by atoms with Gasteiger partial charge < -0.3 is 10.1 Å². The molecule has 0 spiro atoms. The van der Waals surface area contributed by atoms with Gasteiger partial charge in [-0.05, 0) is 62.1 Å². The first-order valence-corrected chi connectivity index (χ1v) is 12.0. The molecule has 0 aromatic heterocycles. The van der Waals surface area contributed by atoms with Crippen LogP contribution < -0.4 is 10.1 Å². The Balaban J connectivity index is 1.56. The second kappa shape index (κ2) is 10.1. The van der Waals surface area contributed by atoms with Crippen LogP contribution in [-0.2, 0) is 22.3 Å². The second-order valence-electron chi connectivity index (χ2n) is 7.91. The minimum absolute atomic E-state index is 0.0302. The van der Waals surface area contributed by atoms with E-state index >= 15 is 0 Å². The van der Waals surface area contributed by atoms with Crippen molar-refractivity contribution in [1.29, 1.82) is 0 Å². The monoisotopic (exact) mass is 430 g/mol. The van der Waals surface area contributed by atoms with Crippen molar-refractivity contribution in [2.45, 2.75) is 51.5 Å². The molecular weight excluding hydrogens is 400 g/mol. The van der Waals surface area contributed by atoms with Crippen LogP contribution in [0.25, 0.3) is 0 Å². The Morgan fingerprint density at radius 3 is 2.40 bits per heavy atom. The molecule has 1 aliphatic rings.